The van der Waals surface area contributed by atoms with Gasteiger partial charge >= 0.3 is 0 Å². The van der Waals surface area contributed by atoms with Gasteiger partial charge in [-0.05, 0) is 36.9 Å². The molecule has 1 nitrogen and oxygen atoms in total. The van der Waals surface area contributed by atoms with Crippen molar-refractivity contribution in [2.75, 3.05) is 0 Å². The summed E-state index contributed by atoms with van der Waals surface area (Å²) in [4.78, 5) is 0. The molecule has 0 fully saturated rings. The van der Waals surface area contributed by atoms with E-state index in [1.807, 2.05) is 56.7 Å². The highest BCUT2D eigenvalue weighted by Gasteiger charge is 2.18. The number of aryl methyl sites for hydroxylation is 1. The Hall–Kier alpha value is -2.15. The summed E-state index contributed by atoms with van der Waals surface area (Å²) in [5, 5.41) is 1.90. The van der Waals surface area contributed by atoms with Crippen LogP contribution in [0.15, 0.2) is 48.5 Å². The van der Waals surface area contributed by atoms with Crippen LogP contribution in [0.5, 0.6) is 0 Å². The standard InChI is InChI=1S/C19H20N/c1-13-9-10-18-16(11-13)12-15(3)20(4)19(18)17-8-6-5-7-14(17)2/h5-12H,1-4H3/q+1/i6D,7D,12D. The van der Waals surface area contributed by atoms with Crippen LogP contribution in [-0.2, 0) is 7.05 Å². The van der Waals surface area contributed by atoms with E-state index in [1.165, 1.54) is 0 Å². The molecule has 1 aromatic heterocycles. The highest BCUT2D eigenvalue weighted by Crippen LogP contribution is 2.28. The maximum Gasteiger partial charge on any atom is 0.220 e. The molecule has 3 rings (SSSR count). The molecular formula is C19H20N+. The molecule has 0 aliphatic rings. The van der Waals surface area contributed by atoms with E-state index < -0.39 is 0 Å². The summed E-state index contributed by atoms with van der Waals surface area (Å²) in [5.74, 6) is 0. The number of rotatable bonds is 1. The number of hydrogen-bond acceptors (Lipinski definition) is 0. The van der Waals surface area contributed by atoms with Crippen molar-refractivity contribution in [2.45, 2.75) is 20.8 Å². The molecule has 2 aromatic carbocycles. The minimum atomic E-state index is 0.337. The van der Waals surface area contributed by atoms with Gasteiger partial charge in [0.15, 0.2) is 5.69 Å². The Morgan fingerprint density at radius 2 is 1.90 bits per heavy atom. The number of aromatic nitrogens is 1. The van der Waals surface area contributed by atoms with Crippen LogP contribution in [-0.4, -0.2) is 0 Å². The summed E-state index contributed by atoms with van der Waals surface area (Å²) in [6.45, 7) is 5.88. The first kappa shape index (κ1) is 9.71. The Balaban J connectivity index is 2.52. The predicted molar refractivity (Wildman–Crippen MR) is 84.8 cm³/mol. The second kappa shape index (κ2) is 4.75. The second-order valence-corrected chi connectivity index (χ2v) is 5.31. The molecule has 0 amide bonds. The highest BCUT2D eigenvalue weighted by atomic mass is 14.9. The van der Waals surface area contributed by atoms with E-state index in [9.17, 15) is 0 Å². The first-order valence-corrected chi connectivity index (χ1v) is 6.79. The molecule has 0 saturated carbocycles. The number of benzene rings is 2. The lowest BCUT2D eigenvalue weighted by Crippen LogP contribution is -2.35. The third-order valence-electron chi connectivity index (χ3n) is 3.84. The van der Waals surface area contributed by atoms with Gasteiger partial charge in [-0.3, -0.25) is 0 Å². The first-order valence-electron chi connectivity index (χ1n) is 8.29. The van der Waals surface area contributed by atoms with E-state index in [2.05, 4.69) is 0 Å². The van der Waals surface area contributed by atoms with Gasteiger partial charge in [0.25, 0.3) is 0 Å². The largest absolute Gasteiger partial charge is 0.220 e. The van der Waals surface area contributed by atoms with Crippen molar-refractivity contribution in [2.24, 2.45) is 7.05 Å². The second-order valence-electron chi connectivity index (χ2n) is 5.31. The van der Waals surface area contributed by atoms with Gasteiger partial charge in [0, 0.05) is 18.5 Å². The van der Waals surface area contributed by atoms with Crippen LogP contribution >= 0.6 is 0 Å². The molecule has 1 heterocycles. The van der Waals surface area contributed by atoms with Crippen molar-refractivity contribution in [3.8, 4) is 11.3 Å². The fraction of sp³-hybridized carbons (Fsp3) is 0.211. The highest BCUT2D eigenvalue weighted by molar-refractivity contribution is 5.94. The van der Waals surface area contributed by atoms with Crippen molar-refractivity contribution in [1.82, 2.24) is 0 Å². The van der Waals surface area contributed by atoms with Crippen LogP contribution in [0.2, 0.25) is 0 Å². The lowest BCUT2D eigenvalue weighted by atomic mass is 9.98. The summed E-state index contributed by atoms with van der Waals surface area (Å²) in [5.41, 5.74) is 4.71. The van der Waals surface area contributed by atoms with Crippen LogP contribution in [0.25, 0.3) is 22.0 Å². The minimum Gasteiger partial charge on any atom is -0.198 e. The van der Waals surface area contributed by atoms with Gasteiger partial charge in [-0.2, -0.15) is 4.57 Å². The average molecular weight is 265 g/mol. The quantitative estimate of drug-likeness (QED) is 0.579. The maximum atomic E-state index is 8.43. The summed E-state index contributed by atoms with van der Waals surface area (Å²) in [6.07, 6.45) is 0. The van der Waals surface area contributed by atoms with Crippen molar-refractivity contribution in [3.63, 3.8) is 0 Å². The molecule has 0 bridgehead atoms. The van der Waals surface area contributed by atoms with E-state index in [4.69, 9.17) is 4.11 Å². The van der Waals surface area contributed by atoms with Crippen molar-refractivity contribution >= 4 is 10.8 Å². The molecule has 0 saturated heterocycles. The normalized spacial score (nSPS) is 13.1. The Kier molecular flexibility index (Phi) is 2.31. The molecular weight excluding hydrogens is 242 g/mol. The number of fused-ring (bicyclic) bond motifs is 1. The van der Waals surface area contributed by atoms with Gasteiger partial charge in [0.1, 0.15) is 7.05 Å². The molecule has 0 aliphatic carbocycles. The lowest BCUT2D eigenvalue weighted by molar-refractivity contribution is -0.665. The van der Waals surface area contributed by atoms with Crippen molar-refractivity contribution < 1.29 is 8.68 Å². The minimum absolute atomic E-state index is 0.337. The molecule has 0 unspecified atom stereocenters. The summed E-state index contributed by atoms with van der Waals surface area (Å²) < 4.78 is 26.5. The molecule has 1 heteroatoms. The Morgan fingerprint density at radius 3 is 2.70 bits per heavy atom. The van der Waals surface area contributed by atoms with Gasteiger partial charge in [0.05, 0.1) is 9.50 Å². The van der Waals surface area contributed by atoms with Gasteiger partial charge in [0.2, 0.25) is 5.69 Å². The number of pyridine rings is 1. The lowest BCUT2D eigenvalue weighted by Gasteiger charge is -2.10. The number of nitrogens with zero attached hydrogens (tertiary/aromatic N) is 1. The third kappa shape index (κ3) is 2.00. The fourth-order valence-corrected chi connectivity index (χ4v) is 2.63. The smallest absolute Gasteiger partial charge is 0.198 e. The zero-order valence-electron chi connectivity index (χ0n) is 15.3. The van der Waals surface area contributed by atoms with E-state index in [0.717, 1.165) is 38.9 Å². The Labute approximate surface area is 124 Å². The van der Waals surface area contributed by atoms with Crippen LogP contribution < -0.4 is 4.57 Å². The summed E-state index contributed by atoms with van der Waals surface area (Å²) >= 11 is 0. The van der Waals surface area contributed by atoms with E-state index in [0.29, 0.717) is 18.1 Å². The molecule has 0 aliphatic heterocycles. The molecule has 0 radical (unpaired) electrons. The molecule has 0 atom stereocenters. The third-order valence-corrected chi connectivity index (χ3v) is 3.84. The zero-order chi connectivity index (χ0) is 16.9. The van der Waals surface area contributed by atoms with Gasteiger partial charge < -0.3 is 0 Å². The Bertz CT molecular complexity index is 945. The topological polar surface area (TPSA) is 3.88 Å². The van der Waals surface area contributed by atoms with Crippen LogP contribution in [0.4, 0.5) is 0 Å². The maximum absolute atomic E-state index is 8.43. The van der Waals surface area contributed by atoms with Gasteiger partial charge in [-0.1, -0.05) is 35.8 Å². The summed E-state index contributed by atoms with van der Waals surface area (Å²) in [7, 11) is 1.95. The molecule has 100 valence electrons. The fourth-order valence-electron chi connectivity index (χ4n) is 2.63. The predicted octanol–water partition coefficient (Wildman–Crippen LogP) is 4.26. The van der Waals surface area contributed by atoms with Crippen molar-refractivity contribution in [1.29, 1.82) is 0 Å². The Morgan fingerprint density at radius 1 is 1.10 bits per heavy atom. The molecule has 3 aromatic rings. The van der Waals surface area contributed by atoms with E-state index >= 15 is 0 Å². The van der Waals surface area contributed by atoms with Crippen LogP contribution in [0.1, 0.15) is 20.9 Å². The summed E-state index contributed by atoms with van der Waals surface area (Å²) in [6, 6.07) is 10.7. The monoisotopic (exact) mass is 265 g/mol. The zero-order valence-corrected chi connectivity index (χ0v) is 12.3. The molecule has 0 N–H and O–H groups in total. The average Bonchev–Trinajstić information content (AvgIpc) is 2.50. The van der Waals surface area contributed by atoms with E-state index in [1.54, 1.807) is 6.07 Å². The van der Waals surface area contributed by atoms with Crippen LogP contribution in [0, 0.1) is 20.8 Å². The SMILES string of the molecule is [2H]c1cc([2H])c(C)c(-c2c3ccc(C)cc3c([2H])c(C)[n+]2C)c1. The van der Waals surface area contributed by atoms with E-state index in [-0.39, 0.29) is 0 Å². The number of hydrogen-bond donors (Lipinski definition) is 0. The molecule has 20 heavy (non-hydrogen) atoms. The van der Waals surface area contributed by atoms with Crippen molar-refractivity contribution in [3.05, 3.63) is 65.3 Å². The molecule has 0 spiro atoms. The van der Waals surface area contributed by atoms with Gasteiger partial charge in [-0.25, -0.2) is 0 Å². The van der Waals surface area contributed by atoms with Crippen LogP contribution in [0.3, 0.4) is 0 Å². The first-order chi connectivity index (χ1) is 10.8. The van der Waals surface area contributed by atoms with Gasteiger partial charge in [-0.15, -0.1) is 0 Å².